The molecule has 112 valence electrons. The Morgan fingerprint density at radius 2 is 2.10 bits per heavy atom. The van der Waals surface area contributed by atoms with Gasteiger partial charge < -0.3 is 15.0 Å². The molecule has 20 heavy (non-hydrogen) atoms. The van der Waals surface area contributed by atoms with Crippen LogP contribution in [0.4, 0.5) is 0 Å². The number of nitrogens with one attached hydrogen (secondary N) is 1. The molecule has 0 saturated carbocycles. The van der Waals surface area contributed by atoms with E-state index < -0.39 is 0 Å². The molecule has 6 heteroatoms. The van der Waals surface area contributed by atoms with Crippen LogP contribution in [0.5, 0.6) is 5.88 Å². The summed E-state index contributed by atoms with van der Waals surface area (Å²) in [6.45, 7) is 6.23. The minimum Gasteiger partial charge on any atom is -0.481 e. The summed E-state index contributed by atoms with van der Waals surface area (Å²) in [5.74, 6) is 0.929. The van der Waals surface area contributed by atoms with Gasteiger partial charge in [0.1, 0.15) is 0 Å². The van der Waals surface area contributed by atoms with Gasteiger partial charge in [0.25, 0.3) is 0 Å². The molecule has 2 heterocycles. The van der Waals surface area contributed by atoms with Gasteiger partial charge in [0.15, 0.2) is 0 Å². The fourth-order valence-electron chi connectivity index (χ4n) is 2.69. The van der Waals surface area contributed by atoms with Gasteiger partial charge in [-0.25, -0.2) is 4.68 Å². The molecule has 1 aliphatic rings. The Balaban J connectivity index is 1.96. The second-order valence-electron chi connectivity index (χ2n) is 5.33. The Labute approximate surface area is 120 Å². The van der Waals surface area contributed by atoms with Crippen LogP contribution in [-0.2, 0) is 18.4 Å². The Morgan fingerprint density at radius 1 is 1.45 bits per heavy atom. The van der Waals surface area contributed by atoms with Crippen LogP contribution in [0.25, 0.3) is 0 Å². The third kappa shape index (κ3) is 2.95. The third-order valence-corrected chi connectivity index (χ3v) is 3.86. The van der Waals surface area contributed by atoms with Crippen LogP contribution in [0.3, 0.4) is 0 Å². The van der Waals surface area contributed by atoms with E-state index in [0.29, 0.717) is 6.54 Å². The highest BCUT2D eigenvalue weighted by Gasteiger charge is 2.23. The van der Waals surface area contributed by atoms with Crippen molar-refractivity contribution < 1.29 is 9.53 Å². The number of rotatable bonds is 5. The lowest BCUT2D eigenvalue weighted by atomic mass is 10.2. The van der Waals surface area contributed by atoms with Crippen LogP contribution < -0.4 is 10.1 Å². The molecule has 0 radical (unpaired) electrons. The number of hydrogen-bond acceptors (Lipinski definition) is 4. The molecule has 0 bridgehead atoms. The zero-order chi connectivity index (χ0) is 14.7. The molecule has 1 fully saturated rings. The third-order valence-electron chi connectivity index (χ3n) is 3.86. The van der Waals surface area contributed by atoms with Crippen LogP contribution in [0.15, 0.2) is 0 Å². The fraction of sp³-hybridized carbons (Fsp3) is 0.714. The fourth-order valence-corrected chi connectivity index (χ4v) is 2.69. The second-order valence-corrected chi connectivity index (χ2v) is 5.33. The Kier molecular flexibility index (Phi) is 4.65. The molecule has 2 rings (SSSR count). The molecule has 1 atom stereocenters. The summed E-state index contributed by atoms with van der Waals surface area (Å²) in [6.07, 6.45) is 2.24. The minimum absolute atomic E-state index is 0.183. The standard InChI is InChI=1S/C14H24N4O2/c1-10-12(14(20-4)17(3)16-10)9-15-11(2)13(19)18-7-5-6-8-18/h11,15H,5-9H2,1-4H3. The minimum atomic E-state index is -0.183. The molecular weight excluding hydrogens is 256 g/mol. The van der Waals surface area contributed by atoms with E-state index in [2.05, 4.69) is 10.4 Å². The van der Waals surface area contributed by atoms with Gasteiger partial charge in [-0.05, 0) is 26.7 Å². The van der Waals surface area contributed by atoms with E-state index in [1.54, 1.807) is 11.8 Å². The van der Waals surface area contributed by atoms with Crippen LogP contribution in [0.2, 0.25) is 0 Å². The zero-order valence-electron chi connectivity index (χ0n) is 12.8. The predicted molar refractivity (Wildman–Crippen MR) is 76.6 cm³/mol. The normalized spacial score (nSPS) is 16.5. The quantitative estimate of drug-likeness (QED) is 0.868. The Hall–Kier alpha value is -1.56. The SMILES string of the molecule is COc1c(CNC(C)C(=O)N2CCCC2)c(C)nn1C. The molecule has 1 aliphatic heterocycles. The van der Waals surface area contributed by atoms with Gasteiger partial charge in [-0.2, -0.15) is 5.10 Å². The number of methoxy groups -OCH3 is 1. The number of nitrogens with zero attached hydrogens (tertiary/aromatic N) is 3. The highest BCUT2D eigenvalue weighted by Crippen LogP contribution is 2.20. The summed E-state index contributed by atoms with van der Waals surface area (Å²) in [5.41, 5.74) is 1.94. The lowest BCUT2D eigenvalue weighted by molar-refractivity contribution is -0.131. The van der Waals surface area contributed by atoms with E-state index in [1.807, 2.05) is 25.8 Å². The zero-order valence-corrected chi connectivity index (χ0v) is 12.8. The molecule has 1 saturated heterocycles. The average Bonchev–Trinajstić information content (AvgIpc) is 3.03. The van der Waals surface area contributed by atoms with Crippen molar-refractivity contribution in [3.8, 4) is 5.88 Å². The van der Waals surface area contributed by atoms with E-state index in [1.165, 1.54) is 0 Å². The van der Waals surface area contributed by atoms with Crippen molar-refractivity contribution in [2.24, 2.45) is 7.05 Å². The summed E-state index contributed by atoms with van der Waals surface area (Å²) in [4.78, 5) is 14.2. The van der Waals surface area contributed by atoms with Crippen molar-refractivity contribution in [3.63, 3.8) is 0 Å². The maximum absolute atomic E-state index is 12.2. The Bertz CT molecular complexity index is 478. The summed E-state index contributed by atoms with van der Waals surface area (Å²) in [5, 5.41) is 7.62. The number of ether oxygens (including phenoxy) is 1. The van der Waals surface area contributed by atoms with Crippen molar-refractivity contribution in [1.29, 1.82) is 0 Å². The second kappa shape index (κ2) is 6.26. The first kappa shape index (κ1) is 14.8. The van der Waals surface area contributed by atoms with Crippen LogP contribution in [-0.4, -0.2) is 46.8 Å². The van der Waals surface area contributed by atoms with Crippen LogP contribution >= 0.6 is 0 Å². The first-order chi connectivity index (χ1) is 9.54. The first-order valence-corrected chi connectivity index (χ1v) is 7.13. The van der Waals surface area contributed by atoms with E-state index in [4.69, 9.17) is 4.74 Å². The van der Waals surface area contributed by atoms with E-state index in [0.717, 1.165) is 43.1 Å². The summed E-state index contributed by atoms with van der Waals surface area (Å²) in [6, 6.07) is -0.183. The smallest absolute Gasteiger partial charge is 0.239 e. The molecule has 1 amide bonds. The molecule has 1 unspecified atom stereocenters. The highest BCUT2D eigenvalue weighted by atomic mass is 16.5. The molecule has 1 aromatic heterocycles. The van der Waals surface area contributed by atoms with E-state index in [9.17, 15) is 4.79 Å². The van der Waals surface area contributed by atoms with Gasteiger partial charge in [0, 0.05) is 26.7 Å². The summed E-state index contributed by atoms with van der Waals surface area (Å²) >= 11 is 0. The monoisotopic (exact) mass is 280 g/mol. The molecule has 1 N–H and O–H groups in total. The lowest BCUT2D eigenvalue weighted by Gasteiger charge is -2.21. The molecule has 0 spiro atoms. The van der Waals surface area contributed by atoms with E-state index >= 15 is 0 Å². The van der Waals surface area contributed by atoms with Gasteiger partial charge in [-0.1, -0.05) is 0 Å². The summed E-state index contributed by atoms with van der Waals surface area (Å²) < 4.78 is 7.08. The van der Waals surface area contributed by atoms with Gasteiger partial charge in [0.2, 0.25) is 11.8 Å². The summed E-state index contributed by atoms with van der Waals surface area (Å²) in [7, 11) is 3.49. The number of amides is 1. The Morgan fingerprint density at radius 3 is 2.70 bits per heavy atom. The molecule has 0 aliphatic carbocycles. The maximum atomic E-state index is 12.2. The van der Waals surface area contributed by atoms with Crippen molar-refractivity contribution in [1.82, 2.24) is 20.0 Å². The van der Waals surface area contributed by atoms with Crippen molar-refractivity contribution >= 4 is 5.91 Å². The largest absolute Gasteiger partial charge is 0.481 e. The van der Waals surface area contributed by atoms with Crippen molar-refractivity contribution in [2.45, 2.75) is 39.3 Å². The first-order valence-electron chi connectivity index (χ1n) is 7.13. The van der Waals surface area contributed by atoms with Gasteiger partial charge in [-0.3, -0.25) is 4.79 Å². The number of carbonyl (C=O) groups is 1. The number of carbonyl (C=O) groups excluding carboxylic acids is 1. The van der Waals surface area contributed by atoms with Crippen molar-refractivity contribution in [2.75, 3.05) is 20.2 Å². The molecule has 0 aromatic carbocycles. The van der Waals surface area contributed by atoms with Crippen LogP contribution in [0.1, 0.15) is 31.0 Å². The van der Waals surface area contributed by atoms with Crippen molar-refractivity contribution in [3.05, 3.63) is 11.3 Å². The lowest BCUT2D eigenvalue weighted by Crippen LogP contribution is -2.43. The van der Waals surface area contributed by atoms with Gasteiger partial charge in [-0.15, -0.1) is 0 Å². The maximum Gasteiger partial charge on any atom is 0.239 e. The number of aryl methyl sites for hydroxylation is 2. The van der Waals surface area contributed by atoms with Gasteiger partial charge in [0.05, 0.1) is 24.4 Å². The average molecular weight is 280 g/mol. The van der Waals surface area contributed by atoms with E-state index in [-0.39, 0.29) is 11.9 Å². The van der Waals surface area contributed by atoms with Crippen LogP contribution in [0, 0.1) is 6.92 Å². The number of aromatic nitrogens is 2. The molecule has 6 nitrogen and oxygen atoms in total. The number of hydrogen-bond donors (Lipinski definition) is 1. The highest BCUT2D eigenvalue weighted by molar-refractivity contribution is 5.81. The number of likely N-dealkylation sites (tertiary alicyclic amines) is 1. The predicted octanol–water partition coefficient (Wildman–Crippen LogP) is 0.838. The topological polar surface area (TPSA) is 59.4 Å². The molecular formula is C14H24N4O2. The molecule has 1 aromatic rings. The van der Waals surface area contributed by atoms with Gasteiger partial charge >= 0.3 is 0 Å².